The summed E-state index contributed by atoms with van der Waals surface area (Å²) in [6.45, 7) is 1.57. The van der Waals surface area contributed by atoms with Crippen LogP contribution in [0, 0.1) is 11.7 Å². The van der Waals surface area contributed by atoms with Gasteiger partial charge in [-0.2, -0.15) is 0 Å². The van der Waals surface area contributed by atoms with E-state index in [1.165, 1.54) is 12.1 Å². The van der Waals surface area contributed by atoms with Gasteiger partial charge >= 0.3 is 0 Å². The van der Waals surface area contributed by atoms with Crippen LogP contribution >= 0.6 is 11.6 Å². The third-order valence-corrected chi connectivity index (χ3v) is 2.65. The predicted octanol–water partition coefficient (Wildman–Crippen LogP) is 3.20. The SMILES string of the molecule is CC(=O)C(CCCl)Cc1ccc(F)cc1. The minimum Gasteiger partial charge on any atom is -0.300 e. The Labute approximate surface area is 94.3 Å². The molecule has 0 aromatic heterocycles. The fraction of sp³-hybridized carbons (Fsp3) is 0.417. The molecule has 0 fully saturated rings. The van der Waals surface area contributed by atoms with Gasteiger partial charge in [0.25, 0.3) is 0 Å². The van der Waals surface area contributed by atoms with Gasteiger partial charge in [-0.05, 0) is 37.5 Å². The van der Waals surface area contributed by atoms with Crippen molar-refractivity contribution >= 4 is 17.4 Å². The first kappa shape index (κ1) is 12.2. The number of ketones is 1. The second-order valence-electron chi connectivity index (χ2n) is 3.62. The molecule has 15 heavy (non-hydrogen) atoms. The zero-order valence-corrected chi connectivity index (χ0v) is 9.43. The lowest BCUT2D eigenvalue weighted by molar-refractivity contribution is -0.120. The number of carbonyl (C=O) groups is 1. The fourth-order valence-electron chi connectivity index (χ4n) is 1.49. The highest BCUT2D eigenvalue weighted by molar-refractivity contribution is 6.18. The Morgan fingerprint density at radius 3 is 2.47 bits per heavy atom. The molecular weight excluding hydrogens is 215 g/mol. The maximum absolute atomic E-state index is 12.6. The van der Waals surface area contributed by atoms with E-state index < -0.39 is 0 Å². The van der Waals surface area contributed by atoms with Crippen LogP contribution in [0.15, 0.2) is 24.3 Å². The molecule has 0 aliphatic heterocycles. The largest absolute Gasteiger partial charge is 0.300 e. The molecule has 0 aliphatic carbocycles. The lowest BCUT2D eigenvalue weighted by atomic mass is 9.94. The number of hydrogen-bond acceptors (Lipinski definition) is 1. The Morgan fingerprint density at radius 1 is 1.40 bits per heavy atom. The van der Waals surface area contributed by atoms with Crippen LogP contribution in [0.3, 0.4) is 0 Å². The molecule has 1 nitrogen and oxygen atoms in total. The molecule has 0 aliphatic rings. The molecular formula is C12H14ClFO. The lowest BCUT2D eigenvalue weighted by Gasteiger charge is -2.11. The highest BCUT2D eigenvalue weighted by Crippen LogP contribution is 2.14. The number of Topliss-reactive ketones (excluding diaryl/α,β-unsaturated/α-hetero) is 1. The molecule has 1 unspecified atom stereocenters. The van der Waals surface area contributed by atoms with E-state index in [1.807, 2.05) is 0 Å². The van der Waals surface area contributed by atoms with E-state index in [4.69, 9.17) is 11.6 Å². The molecule has 0 bridgehead atoms. The Kier molecular flexibility index (Phi) is 4.76. The van der Waals surface area contributed by atoms with Crippen molar-refractivity contribution in [3.63, 3.8) is 0 Å². The van der Waals surface area contributed by atoms with E-state index in [0.29, 0.717) is 18.7 Å². The van der Waals surface area contributed by atoms with Gasteiger partial charge in [-0.25, -0.2) is 4.39 Å². The van der Waals surface area contributed by atoms with Crippen molar-refractivity contribution < 1.29 is 9.18 Å². The van der Waals surface area contributed by atoms with E-state index in [9.17, 15) is 9.18 Å². The summed E-state index contributed by atoms with van der Waals surface area (Å²) in [5, 5.41) is 0. The number of carbonyl (C=O) groups excluding carboxylic acids is 1. The number of benzene rings is 1. The van der Waals surface area contributed by atoms with Gasteiger partial charge in [-0.1, -0.05) is 12.1 Å². The topological polar surface area (TPSA) is 17.1 Å². The monoisotopic (exact) mass is 228 g/mol. The van der Waals surface area contributed by atoms with Crippen LogP contribution in [-0.4, -0.2) is 11.7 Å². The van der Waals surface area contributed by atoms with E-state index in [-0.39, 0.29) is 17.5 Å². The van der Waals surface area contributed by atoms with Crippen LogP contribution in [0.5, 0.6) is 0 Å². The van der Waals surface area contributed by atoms with Gasteiger partial charge in [0.1, 0.15) is 11.6 Å². The number of alkyl halides is 1. The van der Waals surface area contributed by atoms with E-state index in [2.05, 4.69) is 0 Å². The molecule has 0 spiro atoms. The summed E-state index contributed by atoms with van der Waals surface area (Å²) in [6, 6.07) is 6.24. The summed E-state index contributed by atoms with van der Waals surface area (Å²) in [6.07, 6.45) is 1.32. The molecule has 0 N–H and O–H groups in total. The zero-order chi connectivity index (χ0) is 11.3. The van der Waals surface area contributed by atoms with Crippen molar-refractivity contribution in [3.05, 3.63) is 35.6 Å². The molecule has 1 aromatic carbocycles. The second-order valence-corrected chi connectivity index (χ2v) is 3.99. The van der Waals surface area contributed by atoms with Gasteiger partial charge in [-0.3, -0.25) is 4.79 Å². The lowest BCUT2D eigenvalue weighted by Crippen LogP contribution is -2.14. The van der Waals surface area contributed by atoms with Gasteiger partial charge in [0, 0.05) is 11.8 Å². The highest BCUT2D eigenvalue weighted by Gasteiger charge is 2.13. The van der Waals surface area contributed by atoms with Gasteiger partial charge in [0.05, 0.1) is 0 Å². The first-order valence-electron chi connectivity index (χ1n) is 4.94. The van der Waals surface area contributed by atoms with Crippen molar-refractivity contribution in [2.75, 3.05) is 5.88 Å². The van der Waals surface area contributed by atoms with Crippen molar-refractivity contribution in [2.45, 2.75) is 19.8 Å². The van der Waals surface area contributed by atoms with Crippen LogP contribution in [0.1, 0.15) is 18.9 Å². The summed E-state index contributed by atoms with van der Waals surface area (Å²) in [5.74, 6) is 0.314. The average Bonchev–Trinajstić information content (AvgIpc) is 2.20. The maximum atomic E-state index is 12.6. The molecule has 0 heterocycles. The minimum atomic E-state index is -0.254. The van der Waals surface area contributed by atoms with Crippen LogP contribution in [-0.2, 0) is 11.2 Å². The molecule has 1 atom stereocenters. The Morgan fingerprint density at radius 2 is 2.00 bits per heavy atom. The molecule has 1 aromatic rings. The second kappa shape index (κ2) is 5.86. The Bertz CT molecular complexity index is 321. The summed E-state index contributed by atoms with van der Waals surface area (Å²) in [7, 11) is 0. The molecule has 0 saturated carbocycles. The molecule has 1 rings (SSSR count). The van der Waals surface area contributed by atoms with Crippen LogP contribution in [0.25, 0.3) is 0 Å². The third kappa shape index (κ3) is 4.00. The average molecular weight is 229 g/mol. The normalized spacial score (nSPS) is 12.5. The third-order valence-electron chi connectivity index (χ3n) is 2.43. The van der Waals surface area contributed by atoms with Gasteiger partial charge in [0.15, 0.2) is 0 Å². The number of rotatable bonds is 5. The quantitative estimate of drug-likeness (QED) is 0.708. The molecule has 82 valence electrons. The summed E-state index contributed by atoms with van der Waals surface area (Å²) in [4.78, 5) is 11.3. The summed E-state index contributed by atoms with van der Waals surface area (Å²) in [5.41, 5.74) is 0.974. The standard InChI is InChI=1S/C12H14ClFO/c1-9(15)11(6-7-13)8-10-2-4-12(14)5-3-10/h2-5,11H,6-8H2,1H3. The minimum absolute atomic E-state index is 0.0482. The smallest absolute Gasteiger partial charge is 0.133 e. The summed E-state index contributed by atoms with van der Waals surface area (Å²) >= 11 is 5.62. The molecule has 0 amide bonds. The number of hydrogen-bond donors (Lipinski definition) is 0. The van der Waals surface area contributed by atoms with Crippen LogP contribution in [0.2, 0.25) is 0 Å². The Balaban J connectivity index is 2.65. The Hall–Kier alpha value is -0.890. The van der Waals surface area contributed by atoms with E-state index in [1.54, 1.807) is 19.1 Å². The van der Waals surface area contributed by atoms with Crippen LogP contribution < -0.4 is 0 Å². The van der Waals surface area contributed by atoms with Gasteiger partial charge < -0.3 is 0 Å². The van der Waals surface area contributed by atoms with Crippen molar-refractivity contribution in [1.82, 2.24) is 0 Å². The molecule has 3 heteroatoms. The van der Waals surface area contributed by atoms with Gasteiger partial charge in [-0.15, -0.1) is 11.6 Å². The van der Waals surface area contributed by atoms with Crippen molar-refractivity contribution in [1.29, 1.82) is 0 Å². The van der Waals surface area contributed by atoms with E-state index in [0.717, 1.165) is 5.56 Å². The van der Waals surface area contributed by atoms with Crippen molar-refractivity contribution in [3.8, 4) is 0 Å². The fourth-order valence-corrected chi connectivity index (χ4v) is 1.75. The first-order chi connectivity index (χ1) is 7.13. The molecule has 0 saturated heterocycles. The van der Waals surface area contributed by atoms with Gasteiger partial charge in [0.2, 0.25) is 0 Å². The molecule has 0 radical (unpaired) electrons. The van der Waals surface area contributed by atoms with Crippen molar-refractivity contribution in [2.24, 2.45) is 5.92 Å². The van der Waals surface area contributed by atoms with E-state index >= 15 is 0 Å². The summed E-state index contributed by atoms with van der Waals surface area (Å²) < 4.78 is 12.6. The zero-order valence-electron chi connectivity index (χ0n) is 8.67. The first-order valence-corrected chi connectivity index (χ1v) is 5.47. The number of halogens is 2. The predicted molar refractivity (Wildman–Crippen MR) is 59.6 cm³/mol. The highest BCUT2D eigenvalue weighted by atomic mass is 35.5. The van der Waals surface area contributed by atoms with Crippen LogP contribution in [0.4, 0.5) is 4.39 Å². The maximum Gasteiger partial charge on any atom is 0.133 e.